The molecule has 2 N–H and O–H groups in total. The second kappa shape index (κ2) is 12.9. The standard InChI is InChI=1S/C32H28N4O6S2/c1-5-21-35(43(39,40)27-15-11-25(12-16-27)33-23(3)37)31-19-20-32(30-10-8-7-9-29(30)31)36(22-6-2)44(41,42)28-17-13-26(14-18-28)34-24(4)38/h1-2,7-20H,21-22H2,3-4H3,(H,33,37)(H,34,38). The van der Waals surface area contributed by atoms with Crippen LogP contribution >= 0.6 is 0 Å². The van der Waals surface area contributed by atoms with Crippen LogP contribution in [-0.4, -0.2) is 41.7 Å². The molecule has 0 atom stereocenters. The second-order valence-corrected chi connectivity index (χ2v) is 13.2. The van der Waals surface area contributed by atoms with E-state index in [0.717, 1.165) is 8.61 Å². The van der Waals surface area contributed by atoms with Gasteiger partial charge in [0.05, 0.1) is 34.3 Å². The lowest BCUT2D eigenvalue weighted by molar-refractivity contribution is -0.115. The average Bonchev–Trinajstić information content (AvgIpc) is 2.98. The third-order valence-corrected chi connectivity index (χ3v) is 9.96. The van der Waals surface area contributed by atoms with Crippen molar-refractivity contribution in [3.63, 3.8) is 0 Å². The van der Waals surface area contributed by atoms with Crippen LogP contribution in [0.4, 0.5) is 22.7 Å². The molecule has 0 fully saturated rings. The van der Waals surface area contributed by atoms with Crippen molar-refractivity contribution >= 4 is 65.4 Å². The molecular weight excluding hydrogens is 601 g/mol. The maximum absolute atomic E-state index is 13.8. The van der Waals surface area contributed by atoms with E-state index in [0.29, 0.717) is 22.1 Å². The third kappa shape index (κ3) is 6.52. The SMILES string of the molecule is C#CCN(c1ccc(N(CC#C)S(=O)(=O)c2ccc(NC(C)=O)cc2)c2ccccc12)S(=O)(=O)c1ccc(NC(C)=O)cc1. The molecule has 0 bridgehead atoms. The first-order valence-electron chi connectivity index (χ1n) is 13.1. The summed E-state index contributed by atoms with van der Waals surface area (Å²) in [6.07, 6.45) is 11.2. The Hall–Kier alpha value is -5.30. The number of fused-ring (bicyclic) bond motifs is 1. The minimum Gasteiger partial charge on any atom is -0.326 e. The van der Waals surface area contributed by atoms with Crippen LogP contribution in [0.15, 0.2) is 94.7 Å². The summed E-state index contributed by atoms with van der Waals surface area (Å²) in [7, 11) is -8.39. The van der Waals surface area contributed by atoms with Gasteiger partial charge in [-0.05, 0) is 60.7 Å². The molecule has 12 heteroatoms. The van der Waals surface area contributed by atoms with Crippen molar-refractivity contribution in [3.8, 4) is 24.7 Å². The van der Waals surface area contributed by atoms with E-state index >= 15 is 0 Å². The van der Waals surface area contributed by atoms with Crippen molar-refractivity contribution in [2.75, 3.05) is 32.3 Å². The summed E-state index contributed by atoms with van der Waals surface area (Å²) < 4.78 is 57.5. The van der Waals surface area contributed by atoms with Gasteiger partial charge in [-0.15, -0.1) is 12.8 Å². The molecule has 0 radical (unpaired) electrons. The number of benzene rings is 4. The van der Waals surface area contributed by atoms with Gasteiger partial charge in [-0.1, -0.05) is 36.1 Å². The highest BCUT2D eigenvalue weighted by atomic mass is 32.2. The summed E-state index contributed by atoms with van der Waals surface area (Å²) >= 11 is 0. The normalized spacial score (nSPS) is 11.2. The number of sulfonamides is 2. The summed E-state index contributed by atoms with van der Waals surface area (Å²) in [5.41, 5.74) is 1.31. The molecule has 0 saturated carbocycles. The average molecular weight is 629 g/mol. The van der Waals surface area contributed by atoms with Crippen LogP contribution < -0.4 is 19.2 Å². The molecular formula is C32H28N4O6S2. The minimum atomic E-state index is -4.20. The van der Waals surface area contributed by atoms with Gasteiger partial charge in [0.15, 0.2) is 0 Å². The summed E-state index contributed by atoms with van der Waals surface area (Å²) in [5.74, 6) is 4.19. The van der Waals surface area contributed by atoms with Gasteiger partial charge in [0, 0.05) is 36.0 Å². The molecule has 0 unspecified atom stereocenters. The Morgan fingerprint density at radius 2 is 0.955 bits per heavy atom. The Kier molecular flexibility index (Phi) is 9.29. The Morgan fingerprint density at radius 1 is 0.614 bits per heavy atom. The summed E-state index contributed by atoms with van der Waals surface area (Å²) in [6, 6.07) is 21.0. The van der Waals surface area contributed by atoms with Gasteiger partial charge in [-0.2, -0.15) is 0 Å². The van der Waals surface area contributed by atoms with Gasteiger partial charge in [0.25, 0.3) is 20.0 Å². The van der Waals surface area contributed by atoms with Gasteiger partial charge in [0.1, 0.15) is 0 Å². The molecule has 44 heavy (non-hydrogen) atoms. The van der Waals surface area contributed by atoms with Gasteiger partial charge in [0.2, 0.25) is 11.8 Å². The van der Waals surface area contributed by atoms with E-state index in [9.17, 15) is 26.4 Å². The number of amides is 2. The van der Waals surface area contributed by atoms with Crippen molar-refractivity contribution < 1.29 is 26.4 Å². The fourth-order valence-corrected chi connectivity index (χ4v) is 7.34. The molecule has 0 aliphatic heterocycles. The second-order valence-electron chi connectivity index (χ2n) is 9.49. The third-order valence-electron chi connectivity index (χ3n) is 6.41. The first-order valence-corrected chi connectivity index (χ1v) is 16.0. The molecule has 0 saturated heterocycles. The molecule has 0 heterocycles. The van der Waals surface area contributed by atoms with E-state index in [2.05, 4.69) is 22.5 Å². The lowest BCUT2D eigenvalue weighted by Gasteiger charge is -2.28. The minimum absolute atomic E-state index is 0.0609. The lowest BCUT2D eigenvalue weighted by Crippen LogP contribution is -2.33. The number of nitrogens with one attached hydrogen (secondary N) is 2. The maximum Gasteiger partial charge on any atom is 0.265 e. The molecule has 10 nitrogen and oxygen atoms in total. The van der Waals surface area contributed by atoms with Crippen LogP contribution in [0, 0.1) is 24.7 Å². The molecule has 0 aliphatic carbocycles. The van der Waals surface area contributed by atoms with E-state index in [-0.39, 0.29) is 46.1 Å². The zero-order valence-electron chi connectivity index (χ0n) is 23.8. The zero-order valence-corrected chi connectivity index (χ0v) is 25.4. The van der Waals surface area contributed by atoms with Crippen molar-refractivity contribution in [1.29, 1.82) is 0 Å². The highest BCUT2D eigenvalue weighted by Gasteiger charge is 2.30. The highest BCUT2D eigenvalue weighted by molar-refractivity contribution is 7.93. The van der Waals surface area contributed by atoms with E-state index in [1.165, 1.54) is 74.5 Å². The zero-order chi connectivity index (χ0) is 32.1. The molecule has 2 amide bonds. The lowest BCUT2D eigenvalue weighted by atomic mass is 10.1. The van der Waals surface area contributed by atoms with Crippen molar-refractivity contribution in [2.45, 2.75) is 23.6 Å². The molecule has 4 aromatic rings. The molecule has 0 aromatic heterocycles. The van der Waals surface area contributed by atoms with E-state index < -0.39 is 20.0 Å². The van der Waals surface area contributed by atoms with Crippen LogP contribution in [0.2, 0.25) is 0 Å². The number of nitrogens with zero attached hydrogens (tertiary/aromatic N) is 2. The van der Waals surface area contributed by atoms with E-state index in [1.54, 1.807) is 24.3 Å². The Labute approximate surface area is 256 Å². The summed E-state index contributed by atoms with van der Waals surface area (Å²) in [6.45, 7) is 2.06. The molecule has 4 aromatic carbocycles. The number of anilines is 4. The first-order chi connectivity index (χ1) is 20.9. The number of hydrogen-bond donors (Lipinski definition) is 2. The fraction of sp³-hybridized carbons (Fsp3) is 0.125. The van der Waals surface area contributed by atoms with Crippen molar-refractivity contribution in [1.82, 2.24) is 0 Å². The van der Waals surface area contributed by atoms with Crippen molar-refractivity contribution in [3.05, 3.63) is 84.9 Å². The van der Waals surface area contributed by atoms with Crippen LogP contribution in [0.25, 0.3) is 10.8 Å². The predicted molar refractivity (Wildman–Crippen MR) is 172 cm³/mol. The Morgan fingerprint density at radius 3 is 1.25 bits per heavy atom. The van der Waals surface area contributed by atoms with Crippen LogP contribution in [-0.2, 0) is 29.6 Å². The first kappa shape index (κ1) is 31.6. The number of rotatable bonds is 10. The molecule has 224 valence electrons. The molecule has 4 rings (SSSR count). The summed E-state index contributed by atoms with van der Waals surface area (Å²) in [5, 5.41) is 6.01. The molecule has 0 aliphatic rings. The monoisotopic (exact) mass is 628 g/mol. The topological polar surface area (TPSA) is 133 Å². The summed E-state index contributed by atoms with van der Waals surface area (Å²) in [4.78, 5) is 22.6. The van der Waals surface area contributed by atoms with Crippen molar-refractivity contribution in [2.24, 2.45) is 0 Å². The number of terminal acetylenes is 2. The number of carbonyl (C=O) groups is 2. The Bertz CT molecular complexity index is 1880. The predicted octanol–water partition coefficient (Wildman–Crippen LogP) is 4.41. The van der Waals surface area contributed by atoms with Crippen LogP contribution in [0.5, 0.6) is 0 Å². The van der Waals surface area contributed by atoms with Crippen LogP contribution in [0.1, 0.15) is 13.8 Å². The number of hydrogen-bond acceptors (Lipinski definition) is 6. The van der Waals surface area contributed by atoms with E-state index in [4.69, 9.17) is 12.8 Å². The fourth-order valence-electron chi connectivity index (χ4n) is 4.55. The van der Waals surface area contributed by atoms with Crippen LogP contribution in [0.3, 0.4) is 0 Å². The largest absolute Gasteiger partial charge is 0.326 e. The number of carbonyl (C=O) groups excluding carboxylic acids is 2. The maximum atomic E-state index is 13.8. The molecule has 0 spiro atoms. The van der Waals surface area contributed by atoms with Gasteiger partial charge in [-0.25, -0.2) is 16.8 Å². The van der Waals surface area contributed by atoms with Gasteiger partial charge < -0.3 is 10.6 Å². The highest BCUT2D eigenvalue weighted by Crippen LogP contribution is 2.38. The quantitative estimate of drug-likeness (QED) is 0.250. The Balaban J connectivity index is 1.83. The van der Waals surface area contributed by atoms with E-state index in [1.807, 2.05) is 0 Å². The van der Waals surface area contributed by atoms with Gasteiger partial charge in [-0.3, -0.25) is 18.2 Å². The van der Waals surface area contributed by atoms with Gasteiger partial charge >= 0.3 is 0 Å². The smallest absolute Gasteiger partial charge is 0.265 e.